The summed E-state index contributed by atoms with van der Waals surface area (Å²) in [5.41, 5.74) is 1.73. The average molecular weight is 372 g/mol. The van der Waals surface area contributed by atoms with Crippen LogP contribution in [0.2, 0.25) is 0 Å². The summed E-state index contributed by atoms with van der Waals surface area (Å²) in [7, 11) is 0. The normalized spacial score (nSPS) is 23.0. The first-order valence-electron chi connectivity index (χ1n) is 9.04. The third-order valence-electron chi connectivity index (χ3n) is 4.51. The van der Waals surface area contributed by atoms with Gasteiger partial charge >= 0.3 is 0 Å². The van der Waals surface area contributed by atoms with E-state index < -0.39 is 11.2 Å². The number of amides is 1. The van der Waals surface area contributed by atoms with Crippen molar-refractivity contribution in [3.8, 4) is 0 Å². The first-order chi connectivity index (χ1) is 12.6. The molecule has 0 bridgehead atoms. The van der Waals surface area contributed by atoms with Gasteiger partial charge in [0.25, 0.3) is 0 Å². The maximum atomic E-state index is 12.7. The van der Waals surface area contributed by atoms with Crippen LogP contribution in [0.1, 0.15) is 51.4 Å². The molecule has 0 spiro atoms. The summed E-state index contributed by atoms with van der Waals surface area (Å²) in [5, 5.41) is 19.4. The third kappa shape index (κ3) is 4.72. The van der Waals surface area contributed by atoms with Crippen molar-refractivity contribution >= 4 is 40.2 Å². The lowest BCUT2D eigenvalue weighted by atomic mass is 9.99. The lowest BCUT2D eigenvalue weighted by Gasteiger charge is -2.16. The van der Waals surface area contributed by atoms with Crippen LogP contribution in [-0.2, 0) is 9.59 Å². The zero-order valence-corrected chi connectivity index (χ0v) is 15.4. The van der Waals surface area contributed by atoms with Gasteiger partial charge in [0.2, 0.25) is 5.91 Å². The van der Waals surface area contributed by atoms with Crippen LogP contribution >= 0.6 is 11.8 Å². The van der Waals surface area contributed by atoms with E-state index >= 15 is 0 Å². The van der Waals surface area contributed by atoms with Crippen LogP contribution < -0.4 is 10.0 Å². The standard InChI is InChI=1S/C19H23N3O3S/c23-17(24)13-16-18(25)22(15-11-7-4-8-12-15)19(26-16)21-20-14-9-5-2-1-3-6-10-14/h4,7-8,11-12,16H,1-3,5-6,9-10,13H2,(H,23,24)/p-1/b21-19+/t16-/m0/s1. The Bertz CT molecular complexity index is 708. The van der Waals surface area contributed by atoms with Crippen LogP contribution in [0, 0.1) is 0 Å². The number of thioether (sulfide) groups is 1. The molecular weight excluding hydrogens is 350 g/mol. The SMILES string of the molecule is O=C([O-])C[C@@H]1S/C(=N/N=C2CCCCCCC2)N(c2ccccc2)C1=O. The van der Waals surface area contributed by atoms with Crippen molar-refractivity contribution in [3.63, 3.8) is 0 Å². The Morgan fingerprint density at radius 1 is 1.08 bits per heavy atom. The van der Waals surface area contributed by atoms with Crippen LogP contribution in [0.25, 0.3) is 0 Å². The monoisotopic (exact) mass is 372 g/mol. The van der Waals surface area contributed by atoms with Gasteiger partial charge < -0.3 is 9.90 Å². The third-order valence-corrected chi connectivity index (χ3v) is 5.64. The number of rotatable bonds is 4. The van der Waals surface area contributed by atoms with Crippen molar-refractivity contribution < 1.29 is 14.7 Å². The van der Waals surface area contributed by atoms with E-state index in [-0.39, 0.29) is 12.3 Å². The smallest absolute Gasteiger partial charge is 0.247 e. The number of carbonyl (C=O) groups excluding carboxylic acids is 2. The topological polar surface area (TPSA) is 85.2 Å². The molecule has 1 amide bonds. The largest absolute Gasteiger partial charge is 0.550 e. The minimum absolute atomic E-state index is 0.290. The van der Waals surface area contributed by atoms with Gasteiger partial charge in [-0.2, -0.15) is 5.10 Å². The van der Waals surface area contributed by atoms with E-state index in [0.717, 1.165) is 43.2 Å². The van der Waals surface area contributed by atoms with Gasteiger partial charge in [0, 0.05) is 18.1 Å². The Labute approximate surface area is 157 Å². The van der Waals surface area contributed by atoms with Crippen LogP contribution in [0.4, 0.5) is 5.69 Å². The molecule has 2 aliphatic rings. The summed E-state index contributed by atoms with van der Waals surface area (Å²) >= 11 is 1.15. The van der Waals surface area contributed by atoms with Gasteiger partial charge in [-0.3, -0.25) is 9.69 Å². The fraction of sp³-hybridized carbons (Fsp3) is 0.474. The fourth-order valence-electron chi connectivity index (χ4n) is 3.16. The predicted molar refractivity (Wildman–Crippen MR) is 102 cm³/mol. The first-order valence-corrected chi connectivity index (χ1v) is 9.92. The minimum atomic E-state index is -1.24. The van der Waals surface area contributed by atoms with Gasteiger partial charge in [0.15, 0.2) is 5.17 Å². The summed E-state index contributed by atoms with van der Waals surface area (Å²) in [5.74, 6) is -1.53. The maximum absolute atomic E-state index is 12.7. The maximum Gasteiger partial charge on any atom is 0.247 e. The second-order valence-corrected chi connectivity index (χ2v) is 7.68. The van der Waals surface area contributed by atoms with Gasteiger partial charge in [0.05, 0.1) is 10.9 Å². The van der Waals surface area contributed by atoms with Gasteiger partial charge in [-0.15, -0.1) is 5.10 Å². The molecule has 0 unspecified atom stereocenters. The molecule has 1 aliphatic heterocycles. The van der Waals surface area contributed by atoms with Gasteiger partial charge in [-0.05, 0) is 37.8 Å². The quantitative estimate of drug-likeness (QED) is 0.761. The van der Waals surface area contributed by atoms with E-state index in [4.69, 9.17) is 0 Å². The molecule has 1 saturated carbocycles. The highest BCUT2D eigenvalue weighted by Gasteiger charge is 2.39. The molecule has 0 N–H and O–H groups in total. The molecule has 6 nitrogen and oxygen atoms in total. The molecule has 1 aliphatic carbocycles. The Balaban J connectivity index is 1.86. The van der Waals surface area contributed by atoms with Crippen molar-refractivity contribution in [2.24, 2.45) is 10.2 Å². The van der Waals surface area contributed by atoms with Gasteiger partial charge in [0.1, 0.15) is 0 Å². The summed E-state index contributed by atoms with van der Waals surface area (Å²) in [6.07, 6.45) is 7.48. The van der Waals surface area contributed by atoms with E-state index in [2.05, 4.69) is 10.2 Å². The number of hydrogen-bond donors (Lipinski definition) is 0. The van der Waals surface area contributed by atoms with E-state index in [0.29, 0.717) is 10.9 Å². The number of benzene rings is 1. The number of carbonyl (C=O) groups is 2. The fourth-order valence-corrected chi connectivity index (χ4v) is 4.23. The van der Waals surface area contributed by atoms with Crippen molar-refractivity contribution in [2.45, 2.75) is 56.6 Å². The number of carboxylic acids is 1. The van der Waals surface area contributed by atoms with Gasteiger partial charge in [-0.1, -0.05) is 49.2 Å². The van der Waals surface area contributed by atoms with E-state index in [1.54, 1.807) is 12.1 Å². The van der Waals surface area contributed by atoms with Gasteiger partial charge in [-0.25, -0.2) is 0 Å². The molecule has 1 heterocycles. The number of carboxylic acid groups (broad SMARTS) is 1. The minimum Gasteiger partial charge on any atom is -0.550 e. The van der Waals surface area contributed by atoms with Crippen LogP contribution in [0.5, 0.6) is 0 Å². The molecule has 2 fully saturated rings. The summed E-state index contributed by atoms with van der Waals surface area (Å²) in [6.45, 7) is 0. The molecular formula is C19H22N3O3S-. The van der Waals surface area contributed by atoms with Crippen LogP contribution in [0.15, 0.2) is 40.5 Å². The molecule has 1 aromatic carbocycles. The highest BCUT2D eigenvalue weighted by molar-refractivity contribution is 8.16. The highest BCUT2D eigenvalue weighted by Crippen LogP contribution is 2.33. The molecule has 7 heteroatoms. The molecule has 1 saturated heterocycles. The summed E-state index contributed by atoms with van der Waals surface area (Å²) in [4.78, 5) is 25.1. The second-order valence-electron chi connectivity index (χ2n) is 6.51. The Morgan fingerprint density at radius 3 is 2.38 bits per heavy atom. The molecule has 1 atom stereocenters. The highest BCUT2D eigenvalue weighted by atomic mass is 32.2. The Kier molecular flexibility index (Phi) is 6.44. The van der Waals surface area contributed by atoms with Crippen molar-refractivity contribution in [1.82, 2.24) is 0 Å². The van der Waals surface area contributed by atoms with Crippen molar-refractivity contribution in [2.75, 3.05) is 4.90 Å². The van der Waals surface area contributed by atoms with Crippen molar-refractivity contribution in [1.29, 1.82) is 0 Å². The number of amidine groups is 1. The number of hydrogen-bond acceptors (Lipinski definition) is 6. The van der Waals surface area contributed by atoms with Crippen molar-refractivity contribution in [3.05, 3.63) is 30.3 Å². The van der Waals surface area contributed by atoms with Crippen LogP contribution in [-0.4, -0.2) is 28.0 Å². The lowest BCUT2D eigenvalue weighted by molar-refractivity contribution is -0.305. The molecule has 1 aromatic rings. The Morgan fingerprint density at radius 2 is 1.73 bits per heavy atom. The van der Waals surface area contributed by atoms with E-state index in [9.17, 15) is 14.7 Å². The zero-order chi connectivity index (χ0) is 18.4. The number of para-hydroxylation sites is 1. The molecule has 0 aromatic heterocycles. The summed E-state index contributed by atoms with van der Waals surface area (Å²) in [6, 6.07) is 9.13. The predicted octanol–water partition coefficient (Wildman–Crippen LogP) is 2.73. The molecule has 0 radical (unpaired) electrons. The second kappa shape index (κ2) is 8.98. The molecule has 26 heavy (non-hydrogen) atoms. The number of anilines is 1. The zero-order valence-electron chi connectivity index (χ0n) is 14.6. The lowest BCUT2D eigenvalue weighted by Crippen LogP contribution is -2.35. The molecule has 138 valence electrons. The van der Waals surface area contributed by atoms with Crippen LogP contribution in [0.3, 0.4) is 0 Å². The van der Waals surface area contributed by atoms with E-state index in [1.807, 2.05) is 18.2 Å². The Hall–Kier alpha value is -2.15. The summed E-state index contributed by atoms with van der Waals surface area (Å²) < 4.78 is 0. The first kappa shape index (κ1) is 18.6. The number of aliphatic carboxylic acids is 1. The average Bonchev–Trinajstić information content (AvgIpc) is 2.90. The van der Waals surface area contributed by atoms with E-state index in [1.165, 1.54) is 24.2 Å². The number of nitrogens with zero attached hydrogens (tertiary/aromatic N) is 3. The molecule has 3 rings (SSSR count).